The van der Waals surface area contributed by atoms with Crippen molar-refractivity contribution >= 4 is 11.9 Å². The van der Waals surface area contributed by atoms with Crippen LogP contribution in [0.4, 0.5) is 11.9 Å². The average molecular weight is 365 g/mol. The maximum absolute atomic E-state index is 12.1. The van der Waals surface area contributed by atoms with Gasteiger partial charge in [0.25, 0.3) is 5.56 Å². The Morgan fingerprint density at radius 1 is 1.07 bits per heavy atom. The van der Waals surface area contributed by atoms with Gasteiger partial charge in [-0.1, -0.05) is 18.2 Å². The Bertz CT molecular complexity index is 1000. The number of anilines is 2. The minimum absolute atomic E-state index is 0.114. The quantitative estimate of drug-likeness (QED) is 0.707. The molecule has 3 aromatic rings. The Balaban J connectivity index is 1.65. The van der Waals surface area contributed by atoms with Crippen LogP contribution in [0.3, 0.4) is 0 Å². The van der Waals surface area contributed by atoms with Crippen LogP contribution in [-0.4, -0.2) is 44.9 Å². The molecule has 0 radical (unpaired) electrons. The molecule has 1 aliphatic carbocycles. The molecule has 9 heteroatoms. The summed E-state index contributed by atoms with van der Waals surface area (Å²) in [6.07, 6.45) is 2.20. The molecule has 2 heterocycles. The topological polar surface area (TPSA) is 98.1 Å². The highest BCUT2D eigenvalue weighted by atomic mass is 16.5. The van der Waals surface area contributed by atoms with Crippen LogP contribution in [0.2, 0.25) is 0 Å². The van der Waals surface area contributed by atoms with Crippen molar-refractivity contribution in [1.82, 2.24) is 24.7 Å². The summed E-state index contributed by atoms with van der Waals surface area (Å²) >= 11 is 0. The van der Waals surface area contributed by atoms with Gasteiger partial charge in [0.1, 0.15) is 0 Å². The second-order valence-electron chi connectivity index (χ2n) is 6.41. The number of hydrogen-bond donors (Lipinski definition) is 1. The number of hydrogen-bond acceptors (Lipinski definition) is 8. The van der Waals surface area contributed by atoms with E-state index in [9.17, 15) is 4.79 Å². The first-order chi connectivity index (χ1) is 13.1. The van der Waals surface area contributed by atoms with E-state index in [1.807, 2.05) is 32.3 Å². The monoisotopic (exact) mass is 365 g/mol. The van der Waals surface area contributed by atoms with Crippen LogP contribution in [0.5, 0.6) is 11.9 Å². The summed E-state index contributed by atoms with van der Waals surface area (Å²) in [7, 11) is 3.68. The van der Waals surface area contributed by atoms with E-state index in [1.54, 1.807) is 17.0 Å². The maximum Gasteiger partial charge on any atom is 0.330 e. The minimum Gasteiger partial charge on any atom is -0.403 e. The molecule has 1 saturated carbocycles. The van der Waals surface area contributed by atoms with Gasteiger partial charge >= 0.3 is 6.01 Å². The normalized spacial score (nSPS) is 13.3. The van der Waals surface area contributed by atoms with Crippen molar-refractivity contribution in [2.75, 3.05) is 24.3 Å². The Hall–Kier alpha value is -3.49. The molecule has 0 atom stereocenters. The Morgan fingerprint density at radius 2 is 1.85 bits per heavy atom. The predicted octanol–water partition coefficient (Wildman–Crippen LogP) is 1.85. The first-order valence-corrected chi connectivity index (χ1v) is 8.62. The van der Waals surface area contributed by atoms with Gasteiger partial charge in [-0.05, 0) is 25.0 Å². The Morgan fingerprint density at radius 3 is 2.56 bits per heavy atom. The lowest BCUT2D eigenvalue weighted by Gasteiger charge is -2.13. The van der Waals surface area contributed by atoms with Crippen LogP contribution < -0.4 is 20.5 Å². The summed E-state index contributed by atoms with van der Waals surface area (Å²) in [5.74, 6) is 1.15. The minimum atomic E-state index is -0.255. The van der Waals surface area contributed by atoms with E-state index in [4.69, 9.17) is 4.74 Å². The number of benzene rings is 1. The van der Waals surface area contributed by atoms with Gasteiger partial charge in [0, 0.05) is 32.3 Å². The Labute approximate surface area is 155 Å². The standard InChI is InChI=1S/C18H19N7O2/c1-24(2)17-20-16(19-12-8-9-12)21-18(22-17)27-14-10-11-15(26)25(23-14)13-6-4-3-5-7-13/h3-7,10-12H,8-9H2,1-2H3,(H,19,20,21,22). The summed E-state index contributed by atoms with van der Waals surface area (Å²) in [5.41, 5.74) is 0.392. The summed E-state index contributed by atoms with van der Waals surface area (Å²) < 4.78 is 7.00. The van der Waals surface area contributed by atoms with Crippen LogP contribution in [0, 0.1) is 0 Å². The van der Waals surface area contributed by atoms with Gasteiger partial charge in [-0.2, -0.15) is 19.6 Å². The summed E-state index contributed by atoms with van der Waals surface area (Å²) in [4.78, 5) is 26.9. The molecule has 9 nitrogen and oxygen atoms in total. The SMILES string of the molecule is CN(C)c1nc(NC2CC2)nc(Oc2ccc(=O)n(-c3ccccc3)n2)n1. The fraction of sp³-hybridized carbons (Fsp3) is 0.278. The third kappa shape index (κ3) is 4.02. The predicted molar refractivity (Wildman–Crippen MR) is 101 cm³/mol. The number of nitrogens with zero attached hydrogens (tertiary/aromatic N) is 6. The molecule has 2 aromatic heterocycles. The Kier molecular flexibility index (Phi) is 4.41. The van der Waals surface area contributed by atoms with Crippen LogP contribution in [0.15, 0.2) is 47.3 Å². The smallest absolute Gasteiger partial charge is 0.330 e. The molecule has 1 aliphatic rings. The molecule has 0 unspecified atom stereocenters. The molecule has 27 heavy (non-hydrogen) atoms. The van der Waals surface area contributed by atoms with Gasteiger partial charge in [0.2, 0.25) is 17.8 Å². The largest absolute Gasteiger partial charge is 0.403 e. The summed E-state index contributed by atoms with van der Waals surface area (Å²) in [6.45, 7) is 0. The summed E-state index contributed by atoms with van der Waals surface area (Å²) in [6, 6.07) is 12.5. The highest BCUT2D eigenvalue weighted by molar-refractivity contribution is 5.39. The second kappa shape index (κ2) is 7.02. The fourth-order valence-electron chi connectivity index (χ4n) is 2.36. The molecule has 1 fully saturated rings. The van der Waals surface area contributed by atoms with Gasteiger partial charge in [-0.25, -0.2) is 0 Å². The van der Waals surface area contributed by atoms with Crippen molar-refractivity contribution in [3.05, 3.63) is 52.8 Å². The van der Waals surface area contributed by atoms with Crippen molar-refractivity contribution in [1.29, 1.82) is 0 Å². The molecule has 138 valence electrons. The lowest BCUT2D eigenvalue weighted by molar-refractivity contribution is 0.411. The van der Waals surface area contributed by atoms with E-state index in [0.29, 0.717) is 23.6 Å². The molecule has 0 bridgehead atoms. The summed E-state index contributed by atoms with van der Waals surface area (Å²) in [5, 5.41) is 7.50. The van der Waals surface area contributed by atoms with Crippen molar-refractivity contribution in [2.45, 2.75) is 18.9 Å². The zero-order valence-corrected chi connectivity index (χ0v) is 15.0. The average Bonchev–Trinajstić information content (AvgIpc) is 3.48. The van der Waals surface area contributed by atoms with E-state index in [-0.39, 0.29) is 17.4 Å². The zero-order chi connectivity index (χ0) is 18.8. The van der Waals surface area contributed by atoms with Gasteiger partial charge in [0.05, 0.1) is 5.69 Å². The van der Waals surface area contributed by atoms with Crippen LogP contribution >= 0.6 is 0 Å². The lowest BCUT2D eigenvalue weighted by Crippen LogP contribution is -2.20. The van der Waals surface area contributed by atoms with E-state index in [2.05, 4.69) is 25.4 Å². The van der Waals surface area contributed by atoms with E-state index in [1.165, 1.54) is 16.8 Å². The third-order valence-corrected chi connectivity index (χ3v) is 3.89. The van der Waals surface area contributed by atoms with E-state index in [0.717, 1.165) is 12.8 Å². The molecule has 0 spiro atoms. The molecular formula is C18H19N7O2. The van der Waals surface area contributed by atoms with Crippen molar-refractivity contribution in [3.63, 3.8) is 0 Å². The molecule has 0 saturated heterocycles. The van der Waals surface area contributed by atoms with Crippen LogP contribution in [0.25, 0.3) is 5.69 Å². The molecule has 0 aliphatic heterocycles. The van der Waals surface area contributed by atoms with Crippen LogP contribution in [0.1, 0.15) is 12.8 Å². The highest BCUT2D eigenvalue weighted by Crippen LogP contribution is 2.25. The number of rotatable bonds is 6. The van der Waals surface area contributed by atoms with Gasteiger partial charge in [-0.3, -0.25) is 4.79 Å². The first kappa shape index (κ1) is 17.0. The van der Waals surface area contributed by atoms with Crippen molar-refractivity contribution in [2.24, 2.45) is 0 Å². The lowest BCUT2D eigenvalue weighted by atomic mass is 10.3. The zero-order valence-electron chi connectivity index (χ0n) is 15.0. The number of para-hydroxylation sites is 1. The third-order valence-electron chi connectivity index (χ3n) is 3.89. The highest BCUT2D eigenvalue weighted by Gasteiger charge is 2.23. The van der Waals surface area contributed by atoms with Gasteiger partial charge in [0.15, 0.2) is 0 Å². The van der Waals surface area contributed by atoms with E-state index < -0.39 is 0 Å². The molecule has 1 aromatic carbocycles. The molecular weight excluding hydrogens is 346 g/mol. The molecule has 0 amide bonds. The van der Waals surface area contributed by atoms with Crippen molar-refractivity contribution < 1.29 is 4.74 Å². The fourth-order valence-corrected chi connectivity index (χ4v) is 2.36. The number of ether oxygens (including phenoxy) is 1. The number of aromatic nitrogens is 5. The van der Waals surface area contributed by atoms with Gasteiger partial charge < -0.3 is 15.0 Å². The number of nitrogens with one attached hydrogen (secondary N) is 1. The van der Waals surface area contributed by atoms with Crippen LogP contribution in [-0.2, 0) is 0 Å². The maximum atomic E-state index is 12.1. The molecule has 4 rings (SSSR count). The van der Waals surface area contributed by atoms with E-state index >= 15 is 0 Å². The first-order valence-electron chi connectivity index (χ1n) is 8.62. The van der Waals surface area contributed by atoms with Gasteiger partial charge in [-0.15, -0.1) is 5.10 Å². The molecule has 1 N–H and O–H groups in total. The second-order valence-corrected chi connectivity index (χ2v) is 6.41. The van der Waals surface area contributed by atoms with Crippen molar-refractivity contribution in [3.8, 4) is 17.6 Å².